The Balaban J connectivity index is 0.000000165. The first-order chi connectivity index (χ1) is 7.61. The summed E-state index contributed by atoms with van der Waals surface area (Å²) in [6.07, 6.45) is 0. The quantitative estimate of drug-likeness (QED) is 0.623. The van der Waals surface area contributed by atoms with Gasteiger partial charge in [-0.2, -0.15) is 0 Å². The molecule has 0 aliphatic carbocycles. The highest BCUT2D eigenvalue weighted by atomic mass is 35.5. The van der Waals surface area contributed by atoms with Crippen molar-refractivity contribution in [2.24, 2.45) is 0 Å². The second-order valence-electron chi connectivity index (χ2n) is 3.26. The number of rotatable bonds is 0. The summed E-state index contributed by atoms with van der Waals surface area (Å²) in [5, 5.41) is 0.644. The molecule has 0 bridgehead atoms. The van der Waals surface area contributed by atoms with E-state index in [0.29, 0.717) is 5.02 Å². The minimum atomic E-state index is 0.644. The van der Waals surface area contributed by atoms with E-state index in [0.717, 1.165) is 9.79 Å². The summed E-state index contributed by atoms with van der Waals surface area (Å²) in [6.45, 7) is 2.08. The van der Waals surface area contributed by atoms with Crippen LogP contribution < -0.4 is 0 Å². The standard InChI is InChI=1S/C7H8.C6H5ClS2/c1-7-5-3-2-4-6-7;7-4-2-1-3-5(8)6(4)9/h2-6H,1H3;1-3,8-9H. The van der Waals surface area contributed by atoms with Crippen LogP contribution in [-0.2, 0) is 0 Å². The first kappa shape index (κ1) is 13.5. The van der Waals surface area contributed by atoms with Gasteiger partial charge in [0.1, 0.15) is 0 Å². The van der Waals surface area contributed by atoms with Crippen LogP contribution in [0.2, 0.25) is 5.02 Å². The third kappa shape index (κ3) is 4.52. The van der Waals surface area contributed by atoms with E-state index in [-0.39, 0.29) is 0 Å². The van der Waals surface area contributed by atoms with Crippen LogP contribution in [0.4, 0.5) is 0 Å². The van der Waals surface area contributed by atoms with Crippen molar-refractivity contribution in [2.45, 2.75) is 16.7 Å². The average Bonchev–Trinajstić information content (AvgIpc) is 2.28. The van der Waals surface area contributed by atoms with E-state index in [4.69, 9.17) is 11.6 Å². The molecule has 0 unspecified atom stereocenters. The molecule has 3 heteroatoms. The number of aryl methyl sites for hydroxylation is 1. The summed E-state index contributed by atoms with van der Waals surface area (Å²) in [7, 11) is 0. The predicted molar refractivity (Wildman–Crippen MR) is 77.1 cm³/mol. The molecule has 16 heavy (non-hydrogen) atoms. The van der Waals surface area contributed by atoms with Crippen molar-refractivity contribution in [1.29, 1.82) is 0 Å². The van der Waals surface area contributed by atoms with E-state index in [1.807, 2.05) is 30.3 Å². The molecule has 0 heterocycles. The fourth-order valence-corrected chi connectivity index (χ4v) is 1.63. The fourth-order valence-electron chi connectivity index (χ4n) is 1.04. The third-order valence-electron chi connectivity index (χ3n) is 1.91. The summed E-state index contributed by atoms with van der Waals surface area (Å²) >= 11 is 13.9. The summed E-state index contributed by atoms with van der Waals surface area (Å²) in [6, 6.07) is 15.7. The molecular weight excluding hydrogens is 256 g/mol. The first-order valence-corrected chi connectivity index (χ1v) is 6.06. The van der Waals surface area contributed by atoms with Crippen LogP contribution in [0.25, 0.3) is 0 Å². The van der Waals surface area contributed by atoms with Crippen molar-refractivity contribution >= 4 is 36.9 Å². The maximum Gasteiger partial charge on any atom is 0.0550 e. The van der Waals surface area contributed by atoms with Crippen molar-refractivity contribution in [3.8, 4) is 0 Å². The minimum Gasteiger partial charge on any atom is -0.142 e. The van der Waals surface area contributed by atoms with Gasteiger partial charge in [-0.25, -0.2) is 0 Å². The zero-order valence-electron chi connectivity index (χ0n) is 8.89. The van der Waals surface area contributed by atoms with Crippen molar-refractivity contribution in [1.82, 2.24) is 0 Å². The molecule has 84 valence electrons. The van der Waals surface area contributed by atoms with Crippen LogP contribution in [0.5, 0.6) is 0 Å². The molecule has 0 saturated heterocycles. The van der Waals surface area contributed by atoms with Crippen LogP contribution in [0, 0.1) is 6.92 Å². The second-order valence-corrected chi connectivity index (χ2v) is 4.60. The molecule has 2 rings (SSSR count). The maximum absolute atomic E-state index is 5.69. The lowest BCUT2D eigenvalue weighted by Gasteiger charge is -1.96. The van der Waals surface area contributed by atoms with Gasteiger partial charge in [0, 0.05) is 9.79 Å². The van der Waals surface area contributed by atoms with Crippen LogP contribution in [0.1, 0.15) is 5.56 Å². The van der Waals surface area contributed by atoms with Gasteiger partial charge in [-0.3, -0.25) is 0 Å². The smallest absolute Gasteiger partial charge is 0.0550 e. The van der Waals surface area contributed by atoms with Gasteiger partial charge in [0.05, 0.1) is 5.02 Å². The van der Waals surface area contributed by atoms with Gasteiger partial charge in [0.2, 0.25) is 0 Å². The molecule has 0 amide bonds. The number of benzene rings is 2. The van der Waals surface area contributed by atoms with E-state index >= 15 is 0 Å². The van der Waals surface area contributed by atoms with Gasteiger partial charge in [-0.05, 0) is 19.1 Å². The zero-order chi connectivity index (χ0) is 12.0. The molecule has 0 aliphatic rings. The summed E-state index contributed by atoms with van der Waals surface area (Å²) in [5.74, 6) is 0. The van der Waals surface area contributed by atoms with Crippen LogP contribution in [-0.4, -0.2) is 0 Å². The summed E-state index contributed by atoms with van der Waals surface area (Å²) < 4.78 is 0. The molecule has 0 fully saturated rings. The highest BCUT2D eigenvalue weighted by Crippen LogP contribution is 2.25. The highest BCUT2D eigenvalue weighted by Gasteiger charge is 1.96. The Morgan fingerprint density at radius 3 is 1.88 bits per heavy atom. The lowest BCUT2D eigenvalue weighted by atomic mass is 10.2. The van der Waals surface area contributed by atoms with Crippen molar-refractivity contribution < 1.29 is 0 Å². The summed E-state index contributed by atoms with van der Waals surface area (Å²) in [4.78, 5) is 1.55. The highest BCUT2D eigenvalue weighted by molar-refractivity contribution is 7.83. The first-order valence-electron chi connectivity index (χ1n) is 4.79. The molecule has 0 radical (unpaired) electrons. The van der Waals surface area contributed by atoms with Crippen LogP contribution in [0.3, 0.4) is 0 Å². The molecule has 0 aromatic heterocycles. The molecule has 2 aromatic carbocycles. The molecule has 2 aromatic rings. The molecule has 0 aliphatic heterocycles. The number of thiol groups is 2. The Kier molecular flexibility index (Phi) is 5.81. The normalized spacial score (nSPS) is 9.25. The maximum atomic E-state index is 5.69. The average molecular weight is 269 g/mol. The lowest BCUT2D eigenvalue weighted by Crippen LogP contribution is -1.70. The molecule has 0 N–H and O–H groups in total. The Bertz CT molecular complexity index is 421. The Labute approximate surface area is 112 Å². The van der Waals surface area contributed by atoms with E-state index in [1.54, 1.807) is 6.07 Å². The van der Waals surface area contributed by atoms with E-state index in [1.165, 1.54) is 5.56 Å². The molecule has 0 nitrogen and oxygen atoms in total. The topological polar surface area (TPSA) is 0 Å². The Hall–Kier alpha value is -0.570. The van der Waals surface area contributed by atoms with Gasteiger partial charge in [-0.15, -0.1) is 25.3 Å². The van der Waals surface area contributed by atoms with Crippen molar-refractivity contribution in [2.75, 3.05) is 0 Å². The minimum absolute atomic E-state index is 0.644. The zero-order valence-corrected chi connectivity index (χ0v) is 11.4. The SMILES string of the molecule is Cc1ccccc1.Sc1cccc(Cl)c1S. The van der Waals surface area contributed by atoms with Gasteiger partial charge < -0.3 is 0 Å². The molecule has 0 atom stereocenters. The van der Waals surface area contributed by atoms with Gasteiger partial charge in [-0.1, -0.05) is 53.6 Å². The lowest BCUT2D eigenvalue weighted by molar-refractivity contribution is 1.27. The van der Waals surface area contributed by atoms with Gasteiger partial charge in [0.25, 0.3) is 0 Å². The Morgan fingerprint density at radius 2 is 1.50 bits per heavy atom. The summed E-state index contributed by atoms with van der Waals surface area (Å²) in [5.41, 5.74) is 1.32. The molecule has 0 saturated carbocycles. The van der Waals surface area contributed by atoms with Gasteiger partial charge in [0.15, 0.2) is 0 Å². The fraction of sp³-hybridized carbons (Fsp3) is 0.0769. The largest absolute Gasteiger partial charge is 0.142 e. The van der Waals surface area contributed by atoms with E-state index in [2.05, 4.69) is 44.3 Å². The number of hydrogen-bond donors (Lipinski definition) is 2. The van der Waals surface area contributed by atoms with Gasteiger partial charge >= 0.3 is 0 Å². The number of hydrogen-bond acceptors (Lipinski definition) is 2. The molecular formula is C13H13ClS2. The third-order valence-corrected chi connectivity index (χ3v) is 3.38. The second kappa shape index (κ2) is 6.89. The number of halogens is 1. The van der Waals surface area contributed by atoms with Crippen molar-refractivity contribution in [3.63, 3.8) is 0 Å². The predicted octanol–water partition coefficient (Wildman–Crippen LogP) is 4.91. The Morgan fingerprint density at radius 1 is 0.875 bits per heavy atom. The monoisotopic (exact) mass is 268 g/mol. The van der Waals surface area contributed by atoms with Crippen LogP contribution >= 0.6 is 36.9 Å². The molecule has 0 spiro atoms. The van der Waals surface area contributed by atoms with E-state index < -0.39 is 0 Å². The van der Waals surface area contributed by atoms with Crippen molar-refractivity contribution in [3.05, 3.63) is 59.1 Å². The van der Waals surface area contributed by atoms with Crippen LogP contribution in [0.15, 0.2) is 58.3 Å². The van der Waals surface area contributed by atoms with E-state index in [9.17, 15) is 0 Å².